The van der Waals surface area contributed by atoms with Crippen LogP contribution in [0.1, 0.15) is 85.0 Å². The average Bonchev–Trinajstić information content (AvgIpc) is 3.21. The number of hydrogen-bond acceptors (Lipinski definition) is 6. The van der Waals surface area contributed by atoms with Crippen LogP contribution in [0.5, 0.6) is 0 Å². The predicted molar refractivity (Wildman–Crippen MR) is 153 cm³/mol. The fourth-order valence-corrected chi connectivity index (χ4v) is 10.2. The van der Waals surface area contributed by atoms with E-state index < -0.39 is 15.9 Å². The van der Waals surface area contributed by atoms with Gasteiger partial charge < -0.3 is 20.0 Å². The van der Waals surface area contributed by atoms with Crippen molar-refractivity contribution < 1.29 is 28.0 Å². The zero-order chi connectivity index (χ0) is 28.8. The fourth-order valence-electron chi connectivity index (χ4n) is 9.78. The van der Waals surface area contributed by atoms with Crippen LogP contribution in [-0.4, -0.2) is 90.6 Å². The lowest BCUT2D eigenvalue weighted by Crippen LogP contribution is -2.58. The maximum absolute atomic E-state index is 13.2. The fraction of sp³-hybridized carbons (Fsp3) is 0.967. The zero-order valence-corrected chi connectivity index (χ0v) is 25.7. The molecule has 0 aromatic carbocycles. The Labute approximate surface area is 236 Å². The van der Waals surface area contributed by atoms with Gasteiger partial charge in [-0.15, -0.1) is 0 Å². The lowest BCUT2D eigenvalue weighted by atomic mass is 9.43. The molecule has 0 aliphatic heterocycles. The summed E-state index contributed by atoms with van der Waals surface area (Å²) in [6, 6.07) is 0. The maximum Gasteiger partial charge on any atom is 0.266 e. The molecule has 226 valence electrons. The molecule has 0 heterocycles. The number of carbonyl (C=O) groups excluding carboxylic acids is 1. The molecule has 0 aromatic rings. The Morgan fingerprint density at radius 2 is 1.69 bits per heavy atom. The summed E-state index contributed by atoms with van der Waals surface area (Å²) in [5.74, 6) is 2.36. The van der Waals surface area contributed by atoms with Gasteiger partial charge in [0.1, 0.15) is 0 Å². The SMILES string of the molecule is C[C@H](CCC(=O)N(CCN(C)C)CCS(=O)(=O)O)[C@H]1CC[C@H]2[C@@H]3CC[C@@H]4C[C@H](O)CC[C@]4(C)[C@H]3C[C@H](O)[C@]12C. The van der Waals surface area contributed by atoms with Crippen molar-refractivity contribution in [1.82, 2.24) is 9.80 Å². The largest absolute Gasteiger partial charge is 0.393 e. The molecule has 4 aliphatic carbocycles. The molecule has 0 bridgehead atoms. The summed E-state index contributed by atoms with van der Waals surface area (Å²) in [4.78, 5) is 16.7. The monoisotopic (exact) mass is 570 g/mol. The van der Waals surface area contributed by atoms with E-state index in [1.807, 2.05) is 19.0 Å². The lowest BCUT2D eigenvalue weighted by molar-refractivity contribution is -0.175. The van der Waals surface area contributed by atoms with Crippen molar-refractivity contribution in [1.29, 1.82) is 0 Å². The van der Waals surface area contributed by atoms with Crippen LogP contribution in [0.15, 0.2) is 0 Å². The Bertz CT molecular complexity index is 974. The lowest BCUT2D eigenvalue weighted by Gasteiger charge is -2.62. The molecule has 3 N–H and O–H groups in total. The highest BCUT2D eigenvalue weighted by Crippen LogP contribution is 2.68. The number of rotatable bonds is 10. The molecule has 0 spiro atoms. The maximum atomic E-state index is 13.2. The molecular formula is C30H54N2O6S. The minimum Gasteiger partial charge on any atom is -0.393 e. The van der Waals surface area contributed by atoms with Crippen molar-refractivity contribution in [2.45, 2.75) is 97.2 Å². The van der Waals surface area contributed by atoms with Crippen molar-refractivity contribution in [3.8, 4) is 0 Å². The van der Waals surface area contributed by atoms with E-state index in [1.54, 1.807) is 4.90 Å². The topological polar surface area (TPSA) is 118 Å². The molecular weight excluding hydrogens is 516 g/mol. The molecule has 1 amide bonds. The smallest absolute Gasteiger partial charge is 0.266 e. The van der Waals surface area contributed by atoms with Gasteiger partial charge >= 0.3 is 0 Å². The number of aliphatic hydroxyl groups excluding tert-OH is 2. The molecule has 0 saturated heterocycles. The highest BCUT2D eigenvalue weighted by atomic mass is 32.2. The summed E-state index contributed by atoms with van der Waals surface area (Å²) in [5, 5.41) is 22.1. The zero-order valence-electron chi connectivity index (χ0n) is 24.9. The van der Waals surface area contributed by atoms with Crippen LogP contribution in [0, 0.1) is 46.3 Å². The second-order valence-electron chi connectivity index (χ2n) is 14.4. The normalized spacial score (nSPS) is 41.0. The van der Waals surface area contributed by atoms with Gasteiger partial charge in [0, 0.05) is 26.1 Å². The number of fused-ring (bicyclic) bond motifs is 5. The first kappa shape index (κ1) is 31.2. The molecule has 4 fully saturated rings. The summed E-state index contributed by atoms with van der Waals surface area (Å²) in [6.07, 6.45) is 8.92. The highest BCUT2D eigenvalue weighted by molar-refractivity contribution is 7.85. The summed E-state index contributed by atoms with van der Waals surface area (Å²) >= 11 is 0. The first-order valence-electron chi connectivity index (χ1n) is 15.4. The van der Waals surface area contributed by atoms with E-state index in [9.17, 15) is 28.0 Å². The van der Waals surface area contributed by atoms with Gasteiger partial charge in [-0.25, -0.2) is 0 Å². The Morgan fingerprint density at radius 1 is 0.974 bits per heavy atom. The minimum absolute atomic E-state index is 0.00166. The van der Waals surface area contributed by atoms with Gasteiger partial charge in [0.2, 0.25) is 5.91 Å². The second kappa shape index (κ2) is 11.9. The molecule has 8 nitrogen and oxygen atoms in total. The quantitative estimate of drug-likeness (QED) is 0.343. The predicted octanol–water partition coefficient (Wildman–Crippen LogP) is 3.67. The van der Waals surface area contributed by atoms with E-state index >= 15 is 0 Å². The second-order valence-corrected chi connectivity index (χ2v) is 15.9. The van der Waals surface area contributed by atoms with Crippen LogP contribution >= 0.6 is 0 Å². The third-order valence-corrected chi connectivity index (χ3v) is 12.8. The summed E-state index contributed by atoms with van der Waals surface area (Å²) in [5.41, 5.74) is 0.0786. The number of carbonyl (C=O) groups is 1. The first-order chi connectivity index (χ1) is 18.2. The van der Waals surface area contributed by atoms with Gasteiger partial charge in [0.05, 0.1) is 18.0 Å². The Balaban J connectivity index is 1.41. The van der Waals surface area contributed by atoms with Crippen LogP contribution < -0.4 is 0 Å². The number of aliphatic hydroxyl groups is 2. The van der Waals surface area contributed by atoms with Crippen LogP contribution in [-0.2, 0) is 14.9 Å². The third-order valence-electron chi connectivity index (χ3n) is 12.1. The van der Waals surface area contributed by atoms with E-state index in [-0.39, 0.29) is 41.4 Å². The van der Waals surface area contributed by atoms with Crippen molar-refractivity contribution in [3.05, 3.63) is 0 Å². The molecule has 4 rings (SSSR count). The minimum atomic E-state index is -4.14. The van der Waals surface area contributed by atoms with Crippen molar-refractivity contribution in [3.63, 3.8) is 0 Å². The molecule has 10 atom stereocenters. The third kappa shape index (κ3) is 6.37. The van der Waals surface area contributed by atoms with Gasteiger partial charge in [-0.3, -0.25) is 9.35 Å². The first-order valence-corrected chi connectivity index (χ1v) is 17.0. The number of nitrogens with zero attached hydrogens (tertiary/aromatic N) is 2. The summed E-state index contributed by atoms with van der Waals surface area (Å²) in [7, 11) is -0.312. The van der Waals surface area contributed by atoms with E-state index in [0.29, 0.717) is 55.5 Å². The number of likely N-dealkylation sites (N-methyl/N-ethyl adjacent to an activating group) is 1. The standard InChI is InChI=1S/C30H54N2O6S/c1-20(6-11-28(35)32(15-14-31(4)5)16-17-39(36,37)38)24-9-10-25-23-8-7-21-18-22(33)12-13-29(21,2)26(23)19-27(34)30(24,25)3/h20-27,33-34H,6-19H2,1-5H3,(H,36,37,38)/t20-,21-,22-,23+,24-,25+,26+,27+,29+,30-/m1/s1. The van der Waals surface area contributed by atoms with E-state index in [0.717, 1.165) is 38.5 Å². The van der Waals surface area contributed by atoms with Gasteiger partial charge in [-0.05, 0) is 118 Å². The molecule has 0 unspecified atom stereocenters. The Morgan fingerprint density at radius 3 is 2.36 bits per heavy atom. The Hall–Kier alpha value is -0.740. The summed E-state index contributed by atoms with van der Waals surface area (Å²) < 4.78 is 31.9. The van der Waals surface area contributed by atoms with Crippen LogP contribution in [0.2, 0.25) is 0 Å². The van der Waals surface area contributed by atoms with Gasteiger partial charge in [-0.2, -0.15) is 8.42 Å². The van der Waals surface area contributed by atoms with E-state index in [4.69, 9.17) is 0 Å². The van der Waals surface area contributed by atoms with Crippen molar-refractivity contribution in [2.24, 2.45) is 46.3 Å². The average molecular weight is 571 g/mol. The van der Waals surface area contributed by atoms with Gasteiger partial charge in [0.15, 0.2) is 0 Å². The van der Waals surface area contributed by atoms with Crippen molar-refractivity contribution in [2.75, 3.05) is 39.5 Å². The Kier molecular flexibility index (Phi) is 9.49. The number of hydrogen-bond donors (Lipinski definition) is 3. The van der Waals surface area contributed by atoms with E-state index in [2.05, 4.69) is 20.8 Å². The van der Waals surface area contributed by atoms with Gasteiger partial charge in [0.25, 0.3) is 10.1 Å². The molecule has 9 heteroatoms. The van der Waals surface area contributed by atoms with Crippen molar-refractivity contribution >= 4 is 16.0 Å². The molecule has 0 aromatic heterocycles. The molecule has 0 radical (unpaired) electrons. The molecule has 4 saturated carbocycles. The summed E-state index contributed by atoms with van der Waals surface area (Å²) in [6.45, 7) is 8.05. The number of amides is 1. The molecule has 4 aliphatic rings. The molecule has 39 heavy (non-hydrogen) atoms. The van der Waals surface area contributed by atoms with E-state index in [1.165, 1.54) is 12.8 Å². The van der Waals surface area contributed by atoms with Crippen LogP contribution in [0.3, 0.4) is 0 Å². The van der Waals surface area contributed by atoms with Crippen LogP contribution in [0.4, 0.5) is 0 Å². The van der Waals surface area contributed by atoms with Crippen LogP contribution in [0.25, 0.3) is 0 Å². The van der Waals surface area contributed by atoms with Gasteiger partial charge in [-0.1, -0.05) is 20.8 Å². The highest BCUT2D eigenvalue weighted by Gasteiger charge is 2.63.